The summed E-state index contributed by atoms with van der Waals surface area (Å²) in [6.07, 6.45) is 2.65. The first kappa shape index (κ1) is 10.2. The fourth-order valence-corrected chi connectivity index (χ4v) is 1.73. The topological polar surface area (TPSA) is 26.0 Å². The number of halogens is 1. The molecule has 0 aliphatic heterocycles. The molecule has 0 radical (unpaired) electrons. The molecule has 2 N–H and O–H groups in total. The molecule has 1 aliphatic carbocycles. The van der Waals surface area contributed by atoms with Crippen molar-refractivity contribution in [1.29, 1.82) is 0 Å². The first-order valence-electron chi connectivity index (χ1n) is 3.77. The largest absolute Gasteiger partial charge is 0.328 e. The van der Waals surface area contributed by atoms with Crippen molar-refractivity contribution in [2.75, 3.05) is 0 Å². The first-order chi connectivity index (χ1) is 4.01. The molecule has 0 aromatic carbocycles. The third-order valence-corrected chi connectivity index (χ3v) is 2.37. The highest BCUT2D eigenvalue weighted by Gasteiger charge is 2.37. The molecular formula is C8H18ClN. The van der Waals surface area contributed by atoms with Gasteiger partial charge in [0.05, 0.1) is 0 Å². The summed E-state index contributed by atoms with van der Waals surface area (Å²) in [7, 11) is 0. The van der Waals surface area contributed by atoms with Crippen LogP contribution in [-0.2, 0) is 0 Å². The van der Waals surface area contributed by atoms with Crippen molar-refractivity contribution < 1.29 is 0 Å². The molecule has 1 fully saturated rings. The van der Waals surface area contributed by atoms with Crippen LogP contribution < -0.4 is 5.73 Å². The fraction of sp³-hybridized carbons (Fsp3) is 1.00. The second kappa shape index (κ2) is 3.10. The summed E-state index contributed by atoms with van der Waals surface area (Å²) in [6.45, 7) is 6.73. The minimum absolute atomic E-state index is 0. The second-order valence-electron chi connectivity index (χ2n) is 4.19. The van der Waals surface area contributed by atoms with Crippen molar-refractivity contribution in [1.82, 2.24) is 0 Å². The average Bonchev–Trinajstić information content (AvgIpc) is 1.59. The Bertz CT molecular complexity index is 102. The van der Waals surface area contributed by atoms with Crippen molar-refractivity contribution >= 4 is 12.4 Å². The molecule has 0 spiro atoms. The smallest absolute Gasteiger partial charge is 0.00391 e. The van der Waals surface area contributed by atoms with Crippen molar-refractivity contribution in [2.45, 2.75) is 39.7 Å². The normalized spacial score (nSPS) is 26.4. The molecular weight excluding hydrogens is 146 g/mol. The summed E-state index contributed by atoms with van der Waals surface area (Å²) in [5.41, 5.74) is 6.31. The van der Waals surface area contributed by atoms with Gasteiger partial charge < -0.3 is 5.73 Å². The average molecular weight is 164 g/mol. The molecule has 1 nitrogen and oxygen atoms in total. The molecule has 0 aromatic heterocycles. The lowest BCUT2D eigenvalue weighted by atomic mass is 9.62. The van der Waals surface area contributed by atoms with Gasteiger partial charge in [0, 0.05) is 6.04 Å². The van der Waals surface area contributed by atoms with Gasteiger partial charge in [-0.05, 0) is 31.1 Å². The Labute approximate surface area is 69.8 Å². The summed E-state index contributed by atoms with van der Waals surface area (Å²) in [4.78, 5) is 0. The van der Waals surface area contributed by atoms with Crippen LogP contribution in [0.15, 0.2) is 0 Å². The summed E-state index contributed by atoms with van der Waals surface area (Å²) >= 11 is 0. The van der Waals surface area contributed by atoms with Crippen LogP contribution in [0, 0.1) is 11.3 Å². The maximum Gasteiger partial charge on any atom is 0.00391 e. The standard InChI is InChI=1S/C8H17N.ClH/c1-6(9)7-4-8(2,3)5-7;/h6-7H,4-5,9H2,1-3H3;1H. The van der Waals surface area contributed by atoms with Crippen LogP contribution in [0.4, 0.5) is 0 Å². The van der Waals surface area contributed by atoms with E-state index in [-0.39, 0.29) is 12.4 Å². The van der Waals surface area contributed by atoms with Crippen LogP contribution in [0.25, 0.3) is 0 Å². The number of hydrogen-bond donors (Lipinski definition) is 1. The van der Waals surface area contributed by atoms with E-state index < -0.39 is 0 Å². The molecule has 0 heterocycles. The minimum Gasteiger partial charge on any atom is -0.328 e. The summed E-state index contributed by atoms with van der Waals surface area (Å²) in [5.74, 6) is 0.806. The zero-order chi connectivity index (χ0) is 7.07. The van der Waals surface area contributed by atoms with Gasteiger partial charge in [-0.3, -0.25) is 0 Å². The Morgan fingerprint density at radius 3 is 1.90 bits per heavy atom. The van der Waals surface area contributed by atoms with Gasteiger partial charge in [0.15, 0.2) is 0 Å². The van der Waals surface area contributed by atoms with Gasteiger partial charge in [0.1, 0.15) is 0 Å². The molecule has 1 rings (SSSR count). The van der Waals surface area contributed by atoms with E-state index in [4.69, 9.17) is 5.73 Å². The quantitative estimate of drug-likeness (QED) is 0.630. The lowest BCUT2D eigenvalue weighted by Gasteiger charge is -2.44. The van der Waals surface area contributed by atoms with Crippen LogP contribution in [0.1, 0.15) is 33.6 Å². The third-order valence-electron chi connectivity index (χ3n) is 2.37. The molecule has 1 aliphatic rings. The van der Waals surface area contributed by atoms with Crippen LogP contribution in [0.3, 0.4) is 0 Å². The molecule has 0 amide bonds. The molecule has 1 unspecified atom stereocenters. The van der Waals surface area contributed by atoms with Crippen molar-refractivity contribution in [3.05, 3.63) is 0 Å². The van der Waals surface area contributed by atoms with E-state index in [2.05, 4.69) is 20.8 Å². The van der Waals surface area contributed by atoms with Crippen LogP contribution >= 0.6 is 12.4 Å². The monoisotopic (exact) mass is 163 g/mol. The van der Waals surface area contributed by atoms with Crippen LogP contribution in [-0.4, -0.2) is 6.04 Å². The molecule has 0 saturated heterocycles. The summed E-state index contributed by atoms with van der Waals surface area (Å²) in [5, 5.41) is 0. The van der Waals surface area contributed by atoms with Crippen molar-refractivity contribution in [2.24, 2.45) is 17.1 Å². The van der Waals surface area contributed by atoms with E-state index in [0.29, 0.717) is 11.5 Å². The van der Waals surface area contributed by atoms with E-state index in [1.807, 2.05) is 0 Å². The number of hydrogen-bond acceptors (Lipinski definition) is 1. The maximum absolute atomic E-state index is 5.72. The van der Waals surface area contributed by atoms with Gasteiger partial charge in [0.25, 0.3) is 0 Å². The van der Waals surface area contributed by atoms with Crippen LogP contribution in [0.2, 0.25) is 0 Å². The number of rotatable bonds is 1. The predicted octanol–water partition coefficient (Wildman–Crippen LogP) is 2.19. The first-order valence-corrected chi connectivity index (χ1v) is 3.77. The van der Waals surface area contributed by atoms with E-state index in [1.54, 1.807) is 0 Å². The maximum atomic E-state index is 5.72. The zero-order valence-corrected chi connectivity index (χ0v) is 7.87. The van der Waals surface area contributed by atoms with Gasteiger partial charge in [-0.25, -0.2) is 0 Å². The molecule has 62 valence electrons. The Hall–Kier alpha value is 0.250. The Balaban J connectivity index is 0.000000810. The van der Waals surface area contributed by atoms with Gasteiger partial charge in [0.2, 0.25) is 0 Å². The molecule has 1 saturated carbocycles. The summed E-state index contributed by atoms with van der Waals surface area (Å²) < 4.78 is 0. The van der Waals surface area contributed by atoms with Gasteiger partial charge in [-0.2, -0.15) is 0 Å². The highest BCUT2D eigenvalue weighted by Crippen LogP contribution is 2.45. The Kier molecular flexibility index (Phi) is 3.18. The van der Waals surface area contributed by atoms with Gasteiger partial charge in [-0.15, -0.1) is 12.4 Å². The third kappa shape index (κ3) is 2.14. The van der Waals surface area contributed by atoms with Crippen LogP contribution in [0.5, 0.6) is 0 Å². The molecule has 0 bridgehead atoms. The van der Waals surface area contributed by atoms with E-state index in [9.17, 15) is 0 Å². The van der Waals surface area contributed by atoms with E-state index in [0.717, 1.165) is 5.92 Å². The van der Waals surface area contributed by atoms with E-state index in [1.165, 1.54) is 12.8 Å². The highest BCUT2D eigenvalue weighted by atomic mass is 35.5. The van der Waals surface area contributed by atoms with Gasteiger partial charge in [-0.1, -0.05) is 13.8 Å². The highest BCUT2D eigenvalue weighted by molar-refractivity contribution is 5.85. The van der Waals surface area contributed by atoms with Crippen molar-refractivity contribution in [3.63, 3.8) is 0 Å². The van der Waals surface area contributed by atoms with Gasteiger partial charge >= 0.3 is 0 Å². The fourth-order valence-electron chi connectivity index (χ4n) is 1.73. The predicted molar refractivity (Wildman–Crippen MR) is 47.4 cm³/mol. The Morgan fingerprint density at radius 1 is 1.40 bits per heavy atom. The SMILES string of the molecule is CC(N)C1CC(C)(C)C1.Cl. The second-order valence-corrected chi connectivity index (χ2v) is 4.19. The van der Waals surface area contributed by atoms with E-state index >= 15 is 0 Å². The zero-order valence-electron chi connectivity index (χ0n) is 7.05. The summed E-state index contributed by atoms with van der Waals surface area (Å²) in [6, 6.07) is 0.415. The van der Waals surface area contributed by atoms with Crippen molar-refractivity contribution in [3.8, 4) is 0 Å². The Morgan fingerprint density at radius 2 is 1.80 bits per heavy atom. The molecule has 1 atom stereocenters. The lowest BCUT2D eigenvalue weighted by molar-refractivity contribution is 0.0806. The molecule has 0 aromatic rings. The number of nitrogens with two attached hydrogens (primary N) is 1. The molecule has 2 heteroatoms. The molecule has 10 heavy (non-hydrogen) atoms. The minimum atomic E-state index is 0. The lowest BCUT2D eigenvalue weighted by Crippen LogP contribution is -2.41.